The van der Waals surface area contributed by atoms with E-state index in [1.54, 1.807) is 12.1 Å². The summed E-state index contributed by atoms with van der Waals surface area (Å²) in [7, 11) is 0. The number of hydrogen-bond donors (Lipinski definition) is 1. The van der Waals surface area contributed by atoms with Crippen molar-refractivity contribution >= 4 is 0 Å². The van der Waals surface area contributed by atoms with Crippen LogP contribution < -0.4 is 5.32 Å². The number of nitrogens with zero attached hydrogens (tertiary/aromatic N) is 2. The summed E-state index contributed by atoms with van der Waals surface area (Å²) in [4.78, 5) is 4.30. The Hall–Kier alpha value is -1.75. The van der Waals surface area contributed by atoms with Crippen molar-refractivity contribution in [3.05, 3.63) is 36.0 Å². The Morgan fingerprint density at radius 2 is 2.25 bits per heavy atom. The van der Waals surface area contributed by atoms with E-state index in [1.807, 2.05) is 0 Å². The maximum absolute atomic E-state index is 13.1. The van der Waals surface area contributed by atoms with Crippen molar-refractivity contribution in [1.82, 2.24) is 15.5 Å². The summed E-state index contributed by atoms with van der Waals surface area (Å²) in [5.74, 6) is 0.731. The van der Waals surface area contributed by atoms with Crippen LogP contribution in [0.1, 0.15) is 32.6 Å². The highest BCUT2D eigenvalue weighted by Gasteiger charge is 2.10. The SMILES string of the molecule is CCCNC(C)CCc1nc(-c2cccc(F)c2)no1. The maximum Gasteiger partial charge on any atom is 0.227 e. The lowest BCUT2D eigenvalue weighted by molar-refractivity contribution is 0.367. The average Bonchev–Trinajstić information content (AvgIpc) is 2.92. The van der Waals surface area contributed by atoms with Crippen LogP contribution in [0.5, 0.6) is 0 Å². The normalized spacial score (nSPS) is 12.6. The monoisotopic (exact) mass is 277 g/mol. The van der Waals surface area contributed by atoms with E-state index in [2.05, 4.69) is 29.3 Å². The van der Waals surface area contributed by atoms with Gasteiger partial charge in [0.25, 0.3) is 0 Å². The fourth-order valence-electron chi connectivity index (χ4n) is 1.93. The van der Waals surface area contributed by atoms with Crippen LogP contribution in [0.4, 0.5) is 4.39 Å². The lowest BCUT2D eigenvalue weighted by atomic mass is 10.2. The van der Waals surface area contributed by atoms with Crippen molar-refractivity contribution in [2.75, 3.05) is 6.54 Å². The lowest BCUT2D eigenvalue weighted by Crippen LogP contribution is -2.27. The van der Waals surface area contributed by atoms with E-state index in [-0.39, 0.29) is 5.82 Å². The third kappa shape index (κ3) is 4.13. The molecule has 0 saturated carbocycles. The first kappa shape index (κ1) is 14.7. The molecule has 0 amide bonds. The minimum absolute atomic E-state index is 0.300. The van der Waals surface area contributed by atoms with Crippen molar-refractivity contribution in [1.29, 1.82) is 0 Å². The number of benzene rings is 1. The summed E-state index contributed by atoms with van der Waals surface area (Å²) in [5, 5.41) is 7.30. The van der Waals surface area contributed by atoms with Gasteiger partial charge in [0.1, 0.15) is 5.82 Å². The van der Waals surface area contributed by atoms with E-state index in [0.29, 0.717) is 23.3 Å². The predicted molar refractivity (Wildman–Crippen MR) is 75.8 cm³/mol. The first-order chi connectivity index (χ1) is 9.69. The molecule has 5 heteroatoms. The number of aromatic nitrogens is 2. The zero-order valence-electron chi connectivity index (χ0n) is 11.9. The van der Waals surface area contributed by atoms with Crippen LogP contribution in [0.15, 0.2) is 28.8 Å². The van der Waals surface area contributed by atoms with E-state index in [9.17, 15) is 4.39 Å². The number of rotatable bonds is 7. The van der Waals surface area contributed by atoms with Gasteiger partial charge in [-0.25, -0.2) is 4.39 Å². The molecule has 0 saturated heterocycles. The summed E-state index contributed by atoms with van der Waals surface area (Å²) in [6.45, 7) is 5.29. The van der Waals surface area contributed by atoms with Crippen molar-refractivity contribution < 1.29 is 8.91 Å². The molecular formula is C15H20FN3O. The zero-order chi connectivity index (χ0) is 14.4. The quantitative estimate of drug-likeness (QED) is 0.844. The Kier molecular flexibility index (Phi) is 5.24. The van der Waals surface area contributed by atoms with E-state index in [4.69, 9.17) is 4.52 Å². The molecule has 0 aliphatic carbocycles. The van der Waals surface area contributed by atoms with Crippen LogP contribution in [-0.2, 0) is 6.42 Å². The largest absolute Gasteiger partial charge is 0.339 e. The fourth-order valence-corrected chi connectivity index (χ4v) is 1.93. The molecule has 2 aromatic rings. The van der Waals surface area contributed by atoms with Gasteiger partial charge in [-0.1, -0.05) is 24.2 Å². The van der Waals surface area contributed by atoms with Gasteiger partial charge in [0, 0.05) is 18.0 Å². The van der Waals surface area contributed by atoms with E-state index >= 15 is 0 Å². The second-order valence-electron chi connectivity index (χ2n) is 4.92. The third-order valence-corrected chi connectivity index (χ3v) is 3.08. The second kappa shape index (κ2) is 7.14. The number of nitrogens with one attached hydrogen (secondary N) is 1. The minimum Gasteiger partial charge on any atom is -0.339 e. The first-order valence-electron chi connectivity index (χ1n) is 7.01. The molecular weight excluding hydrogens is 257 g/mol. The van der Waals surface area contributed by atoms with Gasteiger partial charge in [-0.3, -0.25) is 0 Å². The summed E-state index contributed by atoms with van der Waals surface area (Å²) in [6.07, 6.45) is 2.78. The molecule has 20 heavy (non-hydrogen) atoms. The van der Waals surface area contributed by atoms with E-state index in [0.717, 1.165) is 25.8 Å². The van der Waals surface area contributed by atoms with E-state index in [1.165, 1.54) is 12.1 Å². The molecule has 1 unspecified atom stereocenters. The molecule has 0 bridgehead atoms. The van der Waals surface area contributed by atoms with Gasteiger partial charge in [0.05, 0.1) is 0 Å². The standard InChI is InChI=1S/C15H20FN3O/c1-3-9-17-11(2)7-8-14-18-15(19-20-14)12-5-4-6-13(16)10-12/h4-6,10-11,17H,3,7-9H2,1-2H3. The molecule has 108 valence electrons. The predicted octanol–water partition coefficient (Wildman–Crippen LogP) is 3.20. The Bertz CT molecular complexity index is 541. The van der Waals surface area contributed by atoms with Gasteiger partial charge >= 0.3 is 0 Å². The van der Waals surface area contributed by atoms with Crippen LogP contribution in [0.25, 0.3) is 11.4 Å². The number of halogens is 1. The second-order valence-corrected chi connectivity index (χ2v) is 4.92. The van der Waals surface area contributed by atoms with Crippen molar-refractivity contribution in [2.24, 2.45) is 0 Å². The fraction of sp³-hybridized carbons (Fsp3) is 0.467. The van der Waals surface area contributed by atoms with Crippen LogP contribution in [0.2, 0.25) is 0 Å². The minimum atomic E-state index is -0.300. The molecule has 4 nitrogen and oxygen atoms in total. The summed E-state index contributed by atoms with van der Waals surface area (Å²) in [5.41, 5.74) is 0.636. The number of hydrogen-bond acceptors (Lipinski definition) is 4. The summed E-state index contributed by atoms with van der Waals surface area (Å²) < 4.78 is 18.3. The van der Waals surface area contributed by atoms with Crippen molar-refractivity contribution in [3.63, 3.8) is 0 Å². The lowest BCUT2D eigenvalue weighted by Gasteiger charge is -2.10. The molecule has 0 aliphatic rings. The zero-order valence-corrected chi connectivity index (χ0v) is 11.9. The van der Waals surface area contributed by atoms with Crippen LogP contribution in [0, 0.1) is 5.82 Å². The molecule has 2 rings (SSSR count). The summed E-state index contributed by atoms with van der Waals surface area (Å²) in [6, 6.07) is 6.62. The molecule has 1 heterocycles. The molecule has 0 fully saturated rings. The van der Waals surface area contributed by atoms with Gasteiger partial charge < -0.3 is 9.84 Å². The van der Waals surface area contributed by atoms with Gasteiger partial charge in [-0.05, 0) is 38.4 Å². The Morgan fingerprint density at radius 1 is 1.40 bits per heavy atom. The van der Waals surface area contributed by atoms with Gasteiger partial charge in [0.2, 0.25) is 11.7 Å². The number of aryl methyl sites for hydroxylation is 1. The van der Waals surface area contributed by atoms with Crippen LogP contribution in [0.3, 0.4) is 0 Å². The first-order valence-corrected chi connectivity index (χ1v) is 7.01. The molecule has 0 radical (unpaired) electrons. The molecule has 1 N–H and O–H groups in total. The van der Waals surface area contributed by atoms with Gasteiger partial charge in [-0.15, -0.1) is 0 Å². The van der Waals surface area contributed by atoms with Gasteiger partial charge in [0.15, 0.2) is 0 Å². The molecule has 0 aliphatic heterocycles. The Labute approximate surface area is 118 Å². The Morgan fingerprint density at radius 3 is 3.00 bits per heavy atom. The highest BCUT2D eigenvalue weighted by atomic mass is 19.1. The van der Waals surface area contributed by atoms with Crippen LogP contribution >= 0.6 is 0 Å². The molecule has 1 aromatic heterocycles. The van der Waals surface area contributed by atoms with E-state index < -0.39 is 0 Å². The molecule has 0 spiro atoms. The highest BCUT2D eigenvalue weighted by Crippen LogP contribution is 2.17. The third-order valence-electron chi connectivity index (χ3n) is 3.08. The van der Waals surface area contributed by atoms with Gasteiger partial charge in [-0.2, -0.15) is 4.98 Å². The topological polar surface area (TPSA) is 51.0 Å². The summed E-state index contributed by atoms with van der Waals surface area (Å²) >= 11 is 0. The maximum atomic E-state index is 13.1. The Balaban J connectivity index is 1.92. The van der Waals surface area contributed by atoms with Crippen molar-refractivity contribution in [3.8, 4) is 11.4 Å². The van der Waals surface area contributed by atoms with Crippen molar-refractivity contribution in [2.45, 2.75) is 39.2 Å². The smallest absolute Gasteiger partial charge is 0.227 e. The molecule has 1 aromatic carbocycles. The average molecular weight is 277 g/mol. The van der Waals surface area contributed by atoms with Crippen LogP contribution in [-0.4, -0.2) is 22.7 Å². The highest BCUT2D eigenvalue weighted by molar-refractivity contribution is 5.53. The molecule has 1 atom stereocenters.